The summed E-state index contributed by atoms with van der Waals surface area (Å²) in [5.41, 5.74) is 1.09. The summed E-state index contributed by atoms with van der Waals surface area (Å²) < 4.78 is 28.3. The average Bonchev–Trinajstić information content (AvgIpc) is 3.03. The summed E-state index contributed by atoms with van der Waals surface area (Å²) in [6.45, 7) is 0.410. The van der Waals surface area contributed by atoms with Gasteiger partial charge in [0.15, 0.2) is 5.82 Å². The molecule has 3 rings (SSSR count). The van der Waals surface area contributed by atoms with Crippen LogP contribution in [-0.2, 0) is 13.1 Å². The van der Waals surface area contributed by atoms with Crippen LogP contribution in [0.3, 0.4) is 0 Å². The summed E-state index contributed by atoms with van der Waals surface area (Å²) in [7, 11) is 0. The number of carbonyl (C=O) groups excluding carboxylic acids is 1. The van der Waals surface area contributed by atoms with Crippen LogP contribution in [0.15, 0.2) is 55.0 Å². The van der Waals surface area contributed by atoms with Crippen molar-refractivity contribution in [2.75, 3.05) is 5.32 Å². The van der Waals surface area contributed by atoms with Gasteiger partial charge in [-0.15, -0.1) is 0 Å². The number of pyridine rings is 1. The van der Waals surface area contributed by atoms with Gasteiger partial charge in [0, 0.05) is 36.8 Å². The molecule has 0 atom stereocenters. The minimum Gasteiger partial charge on any atom is -0.334 e. The van der Waals surface area contributed by atoms with Crippen molar-refractivity contribution in [3.8, 4) is 0 Å². The Morgan fingerprint density at radius 3 is 2.72 bits per heavy atom. The van der Waals surface area contributed by atoms with E-state index in [1.165, 1.54) is 0 Å². The summed E-state index contributed by atoms with van der Waals surface area (Å²) in [5.74, 6) is -0.789. The van der Waals surface area contributed by atoms with Crippen LogP contribution in [0, 0.1) is 11.6 Å². The molecule has 0 bridgehead atoms. The Labute approximate surface area is 142 Å². The first-order valence-corrected chi connectivity index (χ1v) is 7.51. The molecule has 2 amide bonds. The van der Waals surface area contributed by atoms with Crippen LogP contribution in [0.5, 0.6) is 0 Å². The molecule has 2 heterocycles. The lowest BCUT2D eigenvalue weighted by molar-refractivity contribution is 0.251. The third-order valence-electron chi connectivity index (χ3n) is 3.42. The zero-order valence-corrected chi connectivity index (χ0v) is 13.1. The van der Waals surface area contributed by atoms with Crippen molar-refractivity contribution in [1.82, 2.24) is 20.1 Å². The lowest BCUT2D eigenvalue weighted by Gasteiger charge is -2.07. The van der Waals surface area contributed by atoms with E-state index >= 15 is 0 Å². The monoisotopic (exact) mass is 343 g/mol. The van der Waals surface area contributed by atoms with E-state index in [2.05, 4.69) is 20.7 Å². The number of anilines is 1. The second-order valence-electron chi connectivity index (χ2n) is 5.30. The zero-order chi connectivity index (χ0) is 17.6. The molecule has 0 spiro atoms. The van der Waals surface area contributed by atoms with Crippen LogP contribution in [0.4, 0.5) is 19.4 Å². The maximum Gasteiger partial charge on any atom is 0.320 e. The molecular weight excluding hydrogens is 328 g/mol. The maximum atomic E-state index is 13.5. The van der Waals surface area contributed by atoms with Gasteiger partial charge in [-0.25, -0.2) is 13.6 Å². The van der Waals surface area contributed by atoms with Crippen LogP contribution in [0.1, 0.15) is 11.1 Å². The molecule has 0 fully saturated rings. The number of halogens is 2. The molecule has 6 nitrogen and oxygen atoms in total. The summed E-state index contributed by atoms with van der Waals surface area (Å²) in [6.07, 6.45) is 5.11. The Kier molecular flexibility index (Phi) is 4.98. The number of hydrogen-bond donors (Lipinski definition) is 2. The van der Waals surface area contributed by atoms with Crippen molar-refractivity contribution in [3.05, 3.63) is 77.8 Å². The van der Waals surface area contributed by atoms with Gasteiger partial charge >= 0.3 is 6.03 Å². The lowest BCUT2D eigenvalue weighted by Crippen LogP contribution is -2.28. The number of hydrogen-bond acceptors (Lipinski definition) is 3. The Morgan fingerprint density at radius 2 is 1.92 bits per heavy atom. The predicted molar refractivity (Wildman–Crippen MR) is 87.8 cm³/mol. The summed E-state index contributed by atoms with van der Waals surface area (Å²) >= 11 is 0. The van der Waals surface area contributed by atoms with Crippen molar-refractivity contribution < 1.29 is 13.6 Å². The van der Waals surface area contributed by atoms with Crippen LogP contribution in [0.2, 0.25) is 0 Å². The first-order chi connectivity index (χ1) is 12.1. The quantitative estimate of drug-likeness (QED) is 0.748. The van der Waals surface area contributed by atoms with E-state index in [9.17, 15) is 13.6 Å². The topological polar surface area (TPSA) is 71.8 Å². The first-order valence-electron chi connectivity index (χ1n) is 7.51. The largest absolute Gasteiger partial charge is 0.334 e. The summed E-state index contributed by atoms with van der Waals surface area (Å²) in [5, 5.41) is 9.22. The second kappa shape index (κ2) is 7.52. The molecule has 0 aliphatic heterocycles. The maximum absolute atomic E-state index is 13.5. The second-order valence-corrected chi connectivity index (χ2v) is 5.30. The summed E-state index contributed by atoms with van der Waals surface area (Å²) in [6, 6.07) is 7.91. The smallest absolute Gasteiger partial charge is 0.320 e. The van der Waals surface area contributed by atoms with Gasteiger partial charge in [0.1, 0.15) is 11.6 Å². The fraction of sp³-hybridized carbons (Fsp3) is 0.118. The van der Waals surface area contributed by atoms with E-state index in [-0.39, 0.29) is 12.1 Å². The molecule has 25 heavy (non-hydrogen) atoms. The fourth-order valence-electron chi connectivity index (χ4n) is 2.21. The molecule has 2 N–H and O–H groups in total. The van der Waals surface area contributed by atoms with E-state index in [4.69, 9.17) is 0 Å². The highest BCUT2D eigenvalue weighted by molar-refractivity contribution is 5.88. The van der Waals surface area contributed by atoms with Crippen LogP contribution < -0.4 is 10.6 Å². The molecule has 0 saturated carbocycles. The molecule has 0 aliphatic carbocycles. The van der Waals surface area contributed by atoms with E-state index in [0.29, 0.717) is 12.4 Å². The van der Waals surface area contributed by atoms with E-state index in [1.807, 2.05) is 12.1 Å². The highest BCUT2D eigenvalue weighted by atomic mass is 19.1. The van der Waals surface area contributed by atoms with Crippen LogP contribution >= 0.6 is 0 Å². The Morgan fingerprint density at radius 1 is 1.12 bits per heavy atom. The van der Waals surface area contributed by atoms with Gasteiger partial charge < -0.3 is 5.32 Å². The Hall–Kier alpha value is -3.29. The number of urea groups is 1. The lowest BCUT2D eigenvalue weighted by atomic mass is 10.2. The number of rotatable bonds is 5. The van der Waals surface area contributed by atoms with Crippen molar-refractivity contribution in [3.63, 3.8) is 0 Å². The van der Waals surface area contributed by atoms with Gasteiger partial charge in [-0.1, -0.05) is 0 Å². The van der Waals surface area contributed by atoms with E-state index in [0.717, 1.165) is 23.8 Å². The van der Waals surface area contributed by atoms with E-state index < -0.39 is 17.7 Å². The minimum absolute atomic E-state index is 0.0679. The number of nitrogens with zero attached hydrogens (tertiary/aromatic N) is 3. The molecular formula is C17H15F2N5O. The van der Waals surface area contributed by atoms with Crippen LogP contribution in [-0.4, -0.2) is 20.8 Å². The van der Waals surface area contributed by atoms with Crippen molar-refractivity contribution in [2.45, 2.75) is 13.1 Å². The van der Waals surface area contributed by atoms with Gasteiger partial charge in [-0.05, 0) is 35.9 Å². The number of amides is 2. The minimum atomic E-state index is -0.580. The molecule has 1 aromatic carbocycles. The SMILES string of the molecule is O=C(NCc1cc(F)ccc1F)Nc1ccn(Cc2ccncc2)n1. The number of benzene rings is 1. The first kappa shape index (κ1) is 16.6. The molecule has 0 radical (unpaired) electrons. The average molecular weight is 343 g/mol. The predicted octanol–water partition coefficient (Wildman–Crippen LogP) is 2.93. The van der Waals surface area contributed by atoms with Crippen molar-refractivity contribution in [2.24, 2.45) is 0 Å². The molecule has 3 aromatic rings. The van der Waals surface area contributed by atoms with Gasteiger partial charge in [0.25, 0.3) is 0 Å². The molecule has 128 valence electrons. The van der Waals surface area contributed by atoms with Crippen molar-refractivity contribution >= 4 is 11.8 Å². The fourth-order valence-corrected chi connectivity index (χ4v) is 2.21. The van der Waals surface area contributed by atoms with Gasteiger partial charge in [0.05, 0.1) is 6.54 Å². The zero-order valence-electron chi connectivity index (χ0n) is 13.1. The number of carbonyl (C=O) groups is 1. The Balaban J connectivity index is 1.54. The third-order valence-corrected chi connectivity index (χ3v) is 3.42. The molecule has 2 aromatic heterocycles. The van der Waals surface area contributed by atoms with Gasteiger partial charge in [-0.2, -0.15) is 5.10 Å². The third kappa shape index (κ3) is 4.60. The number of nitrogens with one attached hydrogen (secondary N) is 2. The molecule has 0 unspecified atom stereocenters. The molecule has 8 heteroatoms. The standard InChI is InChI=1S/C17H15F2N5O/c18-14-1-2-15(19)13(9-14)10-21-17(25)22-16-5-8-24(23-16)11-12-3-6-20-7-4-12/h1-9H,10-11H2,(H2,21,22,23,25). The Bertz CT molecular complexity index is 866. The molecule has 0 saturated heterocycles. The summed E-state index contributed by atoms with van der Waals surface area (Å²) in [4.78, 5) is 15.8. The highest BCUT2D eigenvalue weighted by Gasteiger charge is 2.08. The molecule has 0 aliphatic rings. The van der Waals surface area contributed by atoms with Gasteiger partial charge in [0.2, 0.25) is 0 Å². The van der Waals surface area contributed by atoms with Crippen molar-refractivity contribution in [1.29, 1.82) is 0 Å². The highest BCUT2D eigenvalue weighted by Crippen LogP contribution is 2.10. The van der Waals surface area contributed by atoms with E-state index in [1.54, 1.807) is 29.3 Å². The normalized spacial score (nSPS) is 10.5. The van der Waals surface area contributed by atoms with Gasteiger partial charge in [-0.3, -0.25) is 15.0 Å². The van der Waals surface area contributed by atoms with Crippen LogP contribution in [0.25, 0.3) is 0 Å². The number of aromatic nitrogens is 3.